The van der Waals surface area contributed by atoms with Gasteiger partial charge in [0.2, 0.25) is 0 Å². The first-order valence-corrected chi connectivity index (χ1v) is 13.8. The Bertz CT molecular complexity index is 1220. The molecule has 1 aliphatic heterocycles. The lowest BCUT2D eigenvalue weighted by molar-refractivity contribution is 0.0782. The van der Waals surface area contributed by atoms with Crippen molar-refractivity contribution in [2.24, 2.45) is 0 Å². The van der Waals surface area contributed by atoms with Gasteiger partial charge < -0.3 is 9.80 Å². The summed E-state index contributed by atoms with van der Waals surface area (Å²) in [5.41, 5.74) is 6.72. The summed E-state index contributed by atoms with van der Waals surface area (Å²) >= 11 is 12.6. The van der Waals surface area contributed by atoms with E-state index in [-0.39, 0.29) is 11.8 Å². The van der Waals surface area contributed by atoms with Gasteiger partial charge in [-0.1, -0.05) is 64.7 Å². The lowest BCUT2D eigenvalue weighted by Gasteiger charge is -2.37. The molecule has 0 spiro atoms. The zero-order valence-electron chi connectivity index (χ0n) is 22.3. The van der Waals surface area contributed by atoms with Crippen molar-refractivity contribution >= 4 is 34.8 Å². The van der Waals surface area contributed by atoms with Crippen molar-refractivity contribution in [3.63, 3.8) is 0 Å². The van der Waals surface area contributed by atoms with Gasteiger partial charge in [0.05, 0.1) is 10.0 Å². The number of piperazine rings is 1. The second-order valence-corrected chi connectivity index (χ2v) is 11.2. The molecular formula is C31H37Cl2N3O. The van der Waals surface area contributed by atoms with Gasteiger partial charge >= 0.3 is 0 Å². The lowest BCUT2D eigenvalue weighted by atomic mass is 9.94. The van der Waals surface area contributed by atoms with Crippen molar-refractivity contribution in [1.82, 2.24) is 9.80 Å². The topological polar surface area (TPSA) is 26.8 Å². The number of anilines is 1. The minimum absolute atomic E-state index is 0.0451. The molecule has 0 radical (unpaired) electrons. The molecule has 3 aromatic carbocycles. The Morgan fingerprint density at radius 3 is 2.22 bits per heavy atom. The molecule has 4 nitrogen and oxygen atoms in total. The number of hydrogen-bond donors (Lipinski definition) is 0. The number of likely N-dealkylation sites (N-methyl/N-ethyl adjacent to an activating group) is 1. The molecule has 37 heavy (non-hydrogen) atoms. The molecule has 0 bridgehead atoms. The van der Waals surface area contributed by atoms with Crippen molar-refractivity contribution in [2.75, 3.05) is 51.2 Å². The third-order valence-electron chi connectivity index (χ3n) is 7.35. The number of amides is 1. The fourth-order valence-corrected chi connectivity index (χ4v) is 5.64. The molecule has 0 aromatic heterocycles. The zero-order chi connectivity index (χ0) is 26.5. The van der Waals surface area contributed by atoms with E-state index in [1.165, 1.54) is 11.3 Å². The maximum absolute atomic E-state index is 13.3. The average molecular weight is 539 g/mol. The SMILES string of the molecule is Cc1cc(C)cc(C(=O)N(C)CC(CCN2CCN(c3ccccc3C)CC2)c2ccc(Cl)c(Cl)c2)c1. The highest BCUT2D eigenvalue weighted by molar-refractivity contribution is 6.42. The number of para-hydroxylation sites is 1. The van der Waals surface area contributed by atoms with Gasteiger partial charge in [0, 0.05) is 56.9 Å². The van der Waals surface area contributed by atoms with Gasteiger partial charge in [-0.3, -0.25) is 9.69 Å². The second-order valence-electron chi connectivity index (χ2n) is 10.3. The summed E-state index contributed by atoms with van der Waals surface area (Å²) in [6.07, 6.45) is 0.937. The quantitative estimate of drug-likeness (QED) is 0.309. The summed E-state index contributed by atoms with van der Waals surface area (Å²) in [6.45, 7) is 11.9. The minimum atomic E-state index is 0.0451. The molecule has 1 unspecified atom stereocenters. The van der Waals surface area contributed by atoms with E-state index in [2.05, 4.69) is 47.1 Å². The van der Waals surface area contributed by atoms with Crippen molar-refractivity contribution < 1.29 is 4.79 Å². The summed E-state index contributed by atoms with van der Waals surface area (Å²) in [5, 5.41) is 1.11. The van der Waals surface area contributed by atoms with Crippen LogP contribution < -0.4 is 4.90 Å². The Kier molecular flexibility index (Phi) is 9.17. The molecule has 1 heterocycles. The maximum atomic E-state index is 13.3. The number of hydrogen-bond acceptors (Lipinski definition) is 3. The highest BCUT2D eigenvalue weighted by atomic mass is 35.5. The van der Waals surface area contributed by atoms with Crippen LogP contribution in [0.3, 0.4) is 0 Å². The average Bonchev–Trinajstić information content (AvgIpc) is 2.87. The van der Waals surface area contributed by atoms with Crippen LogP contribution in [-0.2, 0) is 0 Å². The van der Waals surface area contributed by atoms with Crippen LogP contribution in [0, 0.1) is 20.8 Å². The number of rotatable bonds is 8. The van der Waals surface area contributed by atoms with E-state index in [0.717, 1.165) is 61.4 Å². The standard InChI is InChI=1S/C31H37Cl2N3O/c1-22-17-23(2)19-27(18-22)31(37)34(4)21-26(25-9-10-28(32)29(33)20-25)11-12-35-13-15-36(16-14-35)30-8-6-5-7-24(30)3/h5-10,17-20,26H,11-16,21H2,1-4H3. The van der Waals surface area contributed by atoms with E-state index in [0.29, 0.717) is 16.6 Å². The van der Waals surface area contributed by atoms with Crippen LogP contribution in [0.2, 0.25) is 10.0 Å². The molecule has 1 amide bonds. The fraction of sp³-hybridized carbons (Fsp3) is 0.387. The summed E-state index contributed by atoms with van der Waals surface area (Å²) in [5.74, 6) is 0.202. The first kappa shape index (κ1) is 27.5. The summed E-state index contributed by atoms with van der Waals surface area (Å²) in [7, 11) is 1.89. The molecular weight excluding hydrogens is 501 g/mol. The molecule has 1 saturated heterocycles. The second kappa shape index (κ2) is 12.3. The van der Waals surface area contributed by atoms with Crippen LogP contribution >= 0.6 is 23.2 Å². The highest BCUT2D eigenvalue weighted by Gasteiger charge is 2.23. The van der Waals surface area contributed by atoms with Gasteiger partial charge in [-0.2, -0.15) is 0 Å². The van der Waals surface area contributed by atoms with Crippen molar-refractivity contribution in [3.05, 3.63) is 98.5 Å². The van der Waals surface area contributed by atoms with Crippen LogP contribution in [0.25, 0.3) is 0 Å². The molecule has 3 aromatic rings. The molecule has 0 aliphatic carbocycles. The number of nitrogens with zero attached hydrogens (tertiary/aromatic N) is 3. The van der Waals surface area contributed by atoms with Crippen LogP contribution in [0.5, 0.6) is 0 Å². The van der Waals surface area contributed by atoms with Crippen LogP contribution in [-0.4, -0.2) is 62.0 Å². The van der Waals surface area contributed by atoms with E-state index < -0.39 is 0 Å². The third kappa shape index (κ3) is 7.07. The van der Waals surface area contributed by atoms with Crippen molar-refractivity contribution in [1.29, 1.82) is 0 Å². The molecule has 0 saturated carbocycles. The number of aryl methyl sites for hydroxylation is 3. The van der Waals surface area contributed by atoms with E-state index in [9.17, 15) is 4.79 Å². The summed E-state index contributed by atoms with van der Waals surface area (Å²) in [4.78, 5) is 20.2. The minimum Gasteiger partial charge on any atom is -0.369 e. The number of halogens is 2. The lowest BCUT2D eigenvalue weighted by Crippen LogP contribution is -2.47. The van der Waals surface area contributed by atoms with E-state index in [4.69, 9.17) is 23.2 Å². The highest BCUT2D eigenvalue weighted by Crippen LogP contribution is 2.30. The first-order chi connectivity index (χ1) is 17.7. The smallest absolute Gasteiger partial charge is 0.253 e. The zero-order valence-corrected chi connectivity index (χ0v) is 23.8. The van der Waals surface area contributed by atoms with Gasteiger partial charge in [-0.15, -0.1) is 0 Å². The van der Waals surface area contributed by atoms with Crippen LogP contribution in [0.15, 0.2) is 60.7 Å². The third-order valence-corrected chi connectivity index (χ3v) is 8.09. The number of carbonyl (C=O) groups is 1. The first-order valence-electron chi connectivity index (χ1n) is 13.0. The maximum Gasteiger partial charge on any atom is 0.253 e. The van der Waals surface area contributed by atoms with Gasteiger partial charge in [0.1, 0.15) is 0 Å². The predicted octanol–water partition coefficient (Wildman–Crippen LogP) is 6.99. The molecule has 1 fully saturated rings. The van der Waals surface area contributed by atoms with Crippen LogP contribution in [0.4, 0.5) is 5.69 Å². The van der Waals surface area contributed by atoms with Crippen molar-refractivity contribution in [2.45, 2.75) is 33.1 Å². The van der Waals surface area contributed by atoms with Crippen molar-refractivity contribution in [3.8, 4) is 0 Å². The fourth-order valence-electron chi connectivity index (χ4n) is 5.33. The monoisotopic (exact) mass is 537 g/mol. The molecule has 196 valence electrons. The molecule has 1 aliphatic rings. The van der Waals surface area contributed by atoms with E-state index in [1.54, 1.807) is 0 Å². The van der Waals surface area contributed by atoms with E-state index >= 15 is 0 Å². The Morgan fingerprint density at radius 1 is 0.892 bits per heavy atom. The van der Waals surface area contributed by atoms with Gasteiger partial charge in [0.25, 0.3) is 5.91 Å². The molecule has 6 heteroatoms. The molecule has 1 atom stereocenters. The Labute approximate surface area is 231 Å². The van der Waals surface area contributed by atoms with Crippen LogP contribution in [0.1, 0.15) is 45.0 Å². The Balaban J connectivity index is 1.43. The summed E-state index contributed by atoms with van der Waals surface area (Å²) < 4.78 is 0. The Morgan fingerprint density at radius 2 is 1.57 bits per heavy atom. The summed E-state index contributed by atoms with van der Waals surface area (Å²) in [6, 6.07) is 20.5. The predicted molar refractivity (Wildman–Crippen MR) is 157 cm³/mol. The van der Waals surface area contributed by atoms with Gasteiger partial charge in [0.15, 0.2) is 0 Å². The number of benzene rings is 3. The van der Waals surface area contributed by atoms with Gasteiger partial charge in [-0.25, -0.2) is 0 Å². The van der Waals surface area contributed by atoms with Gasteiger partial charge in [-0.05, 0) is 75.2 Å². The largest absolute Gasteiger partial charge is 0.369 e. The molecule has 0 N–H and O–H groups in total. The number of carbonyl (C=O) groups excluding carboxylic acids is 1. The molecule has 4 rings (SSSR count). The Hall–Kier alpha value is -2.53. The normalized spacial score (nSPS) is 15.0. The van der Waals surface area contributed by atoms with E-state index in [1.807, 2.05) is 56.1 Å².